The lowest BCUT2D eigenvalue weighted by molar-refractivity contribution is -0.139. The first-order valence-corrected chi connectivity index (χ1v) is 7.47. The number of ether oxygens (including phenoxy) is 1. The molecule has 0 radical (unpaired) electrons. The van der Waals surface area contributed by atoms with Gasteiger partial charge in [0.1, 0.15) is 5.75 Å². The average molecular weight is 345 g/mol. The van der Waals surface area contributed by atoms with Crippen molar-refractivity contribution in [3.05, 3.63) is 59.1 Å². The summed E-state index contributed by atoms with van der Waals surface area (Å²) in [6.45, 7) is -0.0172. The van der Waals surface area contributed by atoms with Gasteiger partial charge >= 0.3 is 17.8 Å². The van der Waals surface area contributed by atoms with Crippen molar-refractivity contribution in [2.45, 2.75) is 6.54 Å². The van der Waals surface area contributed by atoms with Crippen LogP contribution in [0.25, 0.3) is 0 Å². The summed E-state index contributed by atoms with van der Waals surface area (Å²) >= 11 is 5.91. The van der Waals surface area contributed by atoms with E-state index in [2.05, 4.69) is 0 Å². The molecule has 2 aromatic rings. The van der Waals surface area contributed by atoms with Gasteiger partial charge in [0.25, 0.3) is 0 Å². The van der Waals surface area contributed by atoms with Crippen LogP contribution in [0.15, 0.2) is 48.5 Å². The van der Waals surface area contributed by atoms with Gasteiger partial charge < -0.3 is 4.74 Å². The van der Waals surface area contributed by atoms with Crippen LogP contribution in [0.2, 0.25) is 5.02 Å². The zero-order valence-corrected chi connectivity index (χ0v) is 13.5. The van der Waals surface area contributed by atoms with Crippen molar-refractivity contribution < 1.29 is 19.1 Å². The van der Waals surface area contributed by atoms with Gasteiger partial charge in [0.05, 0.1) is 19.3 Å². The molecule has 3 rings (SSSR count). The number of benzene rings is 2. The van der Waals surface area contributed by atoms with Crippen molar-refractivity contribution in [3.8, 4) is 5.75 Å². The normalized spacial score (nSPS) is 14.5. The molecule has 1 aliphatic rings. The molecule has 4 amide bonds. The second-order valence-electron chi connectivity index (χ2n) is 5.14. The number of halogens is 1. The molecule has 0 spiro atoms. The number of rotatable bonds is 4. The molecule has 1 fully saturated rings. The molecule has 1 heterocycles. The monoisotopic (exact) mass is 344 g/mol. The Morgan fingerprint density at radius 2 is 1.71 bits per heavy atom. The van der Waals surface area contributed by atoms with E-state index in [4.69, 9.17) is 16.3 Å². The second kappa shape index (κ2) is 6.33. The lowest BCUT2D eigenvalue weighted by atomic mass is 10.2. The van der Waals surface area contributed by atoms with E-state index < -0.39 is 17.8 Å². The predicted octanol–water partition coefficient (Wildman–Crippen LogP) is 2.84. The molecule has 1 saturated heterocycles. The van der Waals surface area contributed by atoms with Gasteiger partial charge in [0, 0.05) is 5.02 Å². The highest BCUT2D eigenvalue weighted by Gasteiger charge is 2.45. The minimum atomic E-state index is -0.882. The van der Waals surface area contributed by atoms with Crippen LogP contribution in [0.4, 0.5) is 10.5 Å². The van der Waals surface area contributed by atoms with Crippen LogP contribution in [0.1, 0.15) is 5.56 Å². The summed E-state index contributed by atoms with van der Waals surface area (Å²) in [7, 11) is 1.51. The van der Waals surface area contributed by atoms with Crippen molar-refractivity contribution in [1.82, 2.24) is 4.90 Å². The fourth-order valence-corrected chi connectivity index (χ4v) is 2.63. The number of hydrogen-bond donors (Lipinski definition) is 0. The van der Waals surface area contributed by atoms with Gasteiger partial charge in [-0.1, -0.05) is 23.7 Å². The predicted molar refractivity (Wildman–Crippen MR) is 87.9 cm³/mol. The zero-order valence-electron chi connectivity index (χ0n) is 12.7. The molecule has 0 saturated carbocycles. The van der Waals surface area contributed by atoms with Gasteiger partial charge in [-0.3, -0.25) is 14.5 Å². The van der Waals surface area contributed by atoms with E-state index in [1.807, 2.05) is 0 Å². The van der Waals surface area contributed by atoms with Crippen LogP contribution < -0.4 is 9.64 Å². The van der Waals surface area contributed by atoms with Crippen LogP contribution in [0, 0.1) is 0 Å². The van der Waals surface area contributed by atoms with Crippen LogP contribution in [0.5, 0.6) is 5.75 Å². The number of imide groups is 2. The van der Waals surface area contributed by atoms with Gasteiger partial charge in [-0.25, -0.2) is 9.69 Å². The van der Waals surface area contributed by atoms with Gasteiger partial charge in [-0.05, 0) is 42.0 Å². The van der Waals surface area contributed by atoms with E-state index in [0.29, 0.717) is 22.0 Å². The Morgan fingerprint density at radius 1 is 1.00 bits per heavy atom. The Morgan fingerprint density at radius 3 is 2.33 bits per heavy atom. The fraction of sp³-hybridized carbons (Fsp3) is 0.118. The maximum Gasteiger partial charge on any atom is 0.339 e. The first kappa shape index (κ1) is 16.0. The Labute approximate surface area is 143 Å². The third-order valence-electron chi connectivity index (χ3n) is 3.61. The van der Waals surface area contributed by atoms with Gasteiger partial charge in [0.15, 0.2) is 0 Å². The molecule has 24 heavy (non-hydrogen) atoms. The van der Waals surface area contributed by atoms with Crippen LogP contribution in [0.3, 0.4) is 0 Å². The molecular formula is C17H13ClN2O4. The Bertz CT molecular complexity index is 820. The second-order valence-corrected chi connectivity index (χ2v) is 5.58. The van der Waals surface area contributed by atoms with Crippen LogP contribution in [-0.4, -0.2) is 29.9 Å². The van der Waals surface area contributed by atoms with E-state index in [1.54, 1.807) is 48.5 Å². The summed E-state index contributed by atoms with van der Waals surface area (Å²) in [5.74, 6) is -1.16. The average Bonchev–Trinajstić information content (AvgIpc) is 2.79. The van der Waals surface area contributed by atoms with Crippen molar-refractivity contribution in [2.75, 3.05) is 12.0 Å². The third-order valence-corrected chi connectivity index (χ3v) is 3.85. The number of hydrogen-bond acceptors (Lipinski definition) is 4. The summed E-state index contributed by atoms with van der Waals surface area (Å²) in [5.41, 5.74) is 0.973. The van der Waals surface area contributed by atoms with Gasteiger partial charge in [0.2, 0.25) is 0 Å². The molecule has 0 aliphatic carbocycles. The number of carbonyl (C=O) groups excluding carboxylic acids is 3. The van der Waals surface area contributed by atoms with Crippen LogP contribution in [-0.2, 0) is 16.1 Å². The number of nitrogens with zero attached hydrogens (tertiary/aromatic N) is 2. The lowest BCUT2D eigenvalue weighted by Crippen LogP contribution is -2.33. The van der Waals surface area contributed by atoms with E-state index in [-0.39, 0.29) is 6.54 Å². The summed E-state index contributed by atoms with van der Waals surface area (Å²) in [5, 5.41) is 0.491. The topological polar surface area (TPSA) is 66.9 Å². The number of carbonyl (C=O) groups is 3. The van der Waals surface area contributed by atoms with E-state index in [0.717, 1.165) is 9.80 Å². The number of amides is 4. The molecule has 122 valence electrons. The first-order valence-electron chi connectivity index (χ1n) is 7.09. The van der Waals surface area contributed by atoms with Crippen molar-refractivity contribution in [1.29, 1.82) is 0 Å². The molecule has 2 aromatic carbocycles. The maximum absolute atomic E-state index is 12.5. The minimum Gasteiger partial charge on any atom is -0.497 e. The fourth-order valence-electron chi connectivity index (χ4n) is 2.42. The molecular weight excluding hydrogens is 332 g/mol. The molecule has 0 atom stereocenters. The lowest BCUT2D eigenvalue weighted by Gasteiger charge is -2.16. The Kier molecular flexibility index (Phi) is 4.22. The smallest absolute Gasteiger partial charge is 0.339 e. The van der Waals surface area contributed by atoms with Crippen molar-refractivity contribution >= 4 is 35.1 Å². The largest absolute Gasteiger partial charge is 0.497 e. The molecule has 1 aliphatic heterocycles. The molecule has 0 bridgehead atoms. The highest BCUT2D eigenvalue weighted by Crippen LogP contribution is 2.26. The zero-order chi connectivity index (χ0) is 17.3. The standard InChI is InChI=1S/C17H13ClN2O4/c1-24-14-7-5-13(6-8-14)20-16(22)15(21)19(17(20)23)10-11-3-2-4-12(18)9-11/h2-9H,10H2,1H3. The molecule has 7 heteroatoms. The SMILES string of the molecule is COc1ccc(N2C(=O)C(=O)N(Cc3cccc(Cl)c3)C2=O)cc1. The summed E-state index contributed by atoms with van der Waals surface area (Å²) < 4.78 is 5.04. The third kappa shape index (κ3) is 2.83. The molecule has 0 N–H and O–H groups in total. The van der Waals surface area contributed by atoms with Gasteiger partial charge in [-0.2, -0.15) is 0 Å². The Balaban J connectivity index is 1.87. The Hall–Kier alpha value is -2.86. The minimum absolute atomic E-state index is 0.0172. The van der Waals surface area contributed by atoms with Crippen molar-refractivity contribution in [2.24, 2.45) is 0 Å². The van der Waals surface area contributed by atoms with Crippen molar-refractivity contribution in [3.63, 3.8) is 0 Å². The van der Waals surface area contributed by atoms with E-state index in [1.165, 1.54) is 7.11 Å². The number of anilines is 1. The van der Waals surface area contributed by atoms with E-state index in [9.17, 15) is 14.4 Å². The van der Waals surface area contributed by atoms with E-state index >= 15 is 0 Å². The number of methoxy groups -OCH3 is 1. The molecule has 6 nitrogen and oxygen atoms in total. The molecule has 0 unspecified atom stereocenters. The summed E-state index contributed by atoms with van der Waals surface area (Å²) in [6.07, 6.45) is 0. The maximum atomic E-state index is 12.5. The first-order chi connectivity index (χ1) is 11.5. The molecule has 0 aromatic heterocycles. The van der Waals surface area contributed by atoms with Crippen LogP contribution >= 0.6 is 11.6 Å². The van der Waals surface area contributed by atoms with Gasteiger partial charge in [-0.15, -0.1) is 0 Å². The quantitative estimate of drug-likeness (QED) is 0.632. The number of urea groups is 1. The highest BCUT2D eigenvalue weighted by atomic mass is 35.5. The highest BCUT2D eigenvalue weighted by molar-refractivity contribution is 6.52. The summed E-state index contributed by atoms with van der Waals surface area (Å²) in [4.78, 5) is 38.6. The summed E-state index contributed by atoms with van der Waals surface area (Å²) in [6, 6.07) is 12.4.